The number of hydrogen-bond acceptors (Lipinski definition) is 4. The van der Waals surface area contributed by atoms with Gasteiger partial charge in [0.05, 0.1) is 23.9 Å². The van der Waals surface area contributed by atoms with Gasteiger partial charge in [0.15, 0.2) is 0 Å². The van der Waals surface area contributed by atoms with E-state index in [1.807, 2.05) is 11.8 Å². The fourth-order valence-electron chi connectivity index (χ4n) is 5.85. The predicted molar refractivity (Wildman–Crippen MR) is 134 cm³/mol. The summed E-state index contributed by atoms with van der Waals surface area (Å²) in [6.07, 6.45) is 5.11. The van der Waals surface area contributed by atoms with Crippen LogP contribution < -0.4 is 5.32 Å². The van der Waals surface area contributed by atoms with E-state index in [9.17, 15) is 14.4 Å². The first-order valence-electron chi connectivity index (χ1n) is 12.4. The summed E-state index contributed by atoms with van der Waals surface area (Å²) in [6, 6.07) is 4.70. The van der Waals surface area contributed by atoms with Crippen LogP contribution >= 0.6 is 23.2 Å². The van der Waals surface area contributed by atoms with Gasteiger partial charge in [-0.1, -0.05) is 42.1 Å². The second-order valence-electron chi connectivity index (χ2n) is 9.67. The van der Waals surface area contributed by atoms with E-state index in [0.717, 1.165) is 13.1 Å². The van der Waals surface area contributed by atoms with Gasteiger partial charge in [-0.25, -0.2) is 4.79 Å². The minimum Gasteiger partial charge on any atom is -0.339 e. The lowest BCUT2D eigenvalue weighted by molar-refractivity contribution is -0.139. The largest absolute Gasteiger partial charge is 0.339 e. The highest BCUT2D eigenvalue weighted by Crippen LogP contribution is 2.39. The van der Waals surface area contributed by atoms with Gasteiger partial charge in [0.2, 0.25) is 5.91 Å². The van der Waals surface area contributed by atoms with E-state index in [4.69, 9.17) is 23.2 Å². The van der Waals surface area contributed by atoms with Crippen LogP contribution in [0.2, 0.25) is 10.0 Å². The second-order valence-corrected chi connectivity index (χ2v) is 10.5. The first-order chi connectivity index (χ1) is 16.9. The zero-order chi connectivity index (χ0) is 24.7. The molecule has 35 heavy (non-hydrogen) atoms. The number of halogens is 2. The molecule has 2 fully saturated rings. The topological polar surface area (TPSA) is 76.2 Å². The van der Waals surface area contributed by atoms with Crippen LogP contribution in [0.25, 0.3) is 0 Å². The third-order valence-electron chi connectivity index (χ3n) is 7.72. The van der Waals surface area contributed by atoms with Crippen LogP contribution in [0.4, 0.5) is 4.79 Å². The van der Waals surface area contributed by atoms with E-state index >= 15 is 0 Å². The second kappa shape index (κ2) is 9.99. The van der Waals surface area contributed by atoms with Gasteiger partial charge in [-0.3, -0.25) is 19.4 Å². The normalized spacial score (nSPS) is 23.9. The highest BCUT2D eigenvalue weighted by molar-refractivity contribution is 6.35. The van der Waals surface area contributed by atoms with Crippen LogP contribution in [0.3, 0.4) is 0 Å². The molecule has 188 valence electrons. The molecule has 3 aliphatic heterocycles. The first-order valence-corrected chi connectivity index (χ1v) is 13.2. The van der Waals surface area contributed by atoms with Crippen molar-refractivity contribution >= 4 is 41.0 Å². The number of benzene rings is 1. The molecule has 1 N–H and O–H groups in total. The number of nitrogens with zero attached hydrogens (tertiary/aromatic N) is 4. The molecular formula is C25H31Cl2N5O3. The van der Waals surface area contributed by atoms with Gasteiger partial charge in [0.1, 0.15) is 6.54 Å². The van der Waals surface area contributed by atoms with E-state index < -0.39 is 6.04 Å². The lowest BCUT2D eigenvalue weighted by atomic mass is 9.95. The van der Waals surface area contributed by atoms with Crippen molar-refractivity contribution in [2.45, 2.75) is 44.7 Å². The average molecular weight is 520 g/mol. The number of amides is 4. The van der Waals surface area contributed by atoms with Crippen LogP contribution in [0.1, 0.15) is 44.2 Å². The molecule has 1 saturated heterocycles. The molecule has 0 radical (unpaired) electrons. The Hall–Kier alpha value is -2.29. The Bertz CT molecular complexity index is 1060. The predicted octanol–water partition coefficient (Wildman–Crippen LogP) is 3.26. The number of urea groups is 1. The molecule has 1 atom stereocenters. The standard InChI is InChI=1S/C25H31Cl2N5O3/c1-2-32-20-14-31(15-21(33)30-11-9-29(10-12-30)17-5-3-4-6-17)24(34)22(20)23(28-25(32)35)18-8-7-16(26)13-19(18)27/h7-8,13,17,23H,2-6,9-12,14-15H2,1H3,(H,28,35). The van der Waals surface area contributed by atoms with Crippen molar-refractivity contribution in [1.29, 1.82) is 0 Å². The number of carbonyl (C=O) groups excluding carboxylic acids is 3. The molecule has 1 saturated carbocycles. The van der Waals surface area contributed by atoms with E-state index in [1.165, 1.54) is 25.7 Å². The van der Waals surface area contributed by atoms with Gasteiger partial charge in [-0.15, -0.1) is 0 Å². The summed E-state index contributed by atoms with van der Waals surface area (Å²) in [6.45, 7) is 5.67. The summed E-state index contributed by atoms with van der Waals surface area (Å²) in [4.78, 5) is 47.1. The fourth-order valence-corrected chi connectivity index (χ4v) is 6.37. The number of hydrogen-bond donors (Lipinski definition) is 1. The summed E-state index contributed by atoms with van der Waals surface area (Å²) in [7, 11) is 0. The maximum Gasteiger partial charge on any atom is 0.322 e. The van der Waals surface area contributed by atoms with Gasteiger partial charge < -0.3 is 15.1 Å². The molecule has 8 nitrogen and oxygen atoms in total. The van der Waals surface area contributed by atoms with Crippen molar-refractivity contribution in [3.05, 3.63) is 45.1 Å². The van der Waals surface area contributed by atoms with Crippen molar-refractivity contribution in [3.8, 4) is 0 Å². The van der Waals surface area contributed by atoms with Gasteiger partial charge in [-0.05, 0) is 37.5 Å². The van der Waals surface area contributed by atoms with E-state index in [2.05, 4.69) is 10.2 Å². The minimum atomic E-state index is -0.687. The Morgan fingerprint density at radius 2 is 1.80 bits per heavy atom. The fraction of sp³-hybridized carbons (Fsp3) is 0.560. The Balaban J connectivity index is 1.30. The minimum absolute atomic E-state index is 0.00206. The Morgan fingerprint density at radius 3 is 2.46 bits per heavy atom. The monoisotopic (exact) mass is 519 g/mol. The van der Waals surface area contributed by atoms with E-state index in [1.54, 1.807) is 28.0 Å². The van der Waals surface area contributed by atoms with Crippen molar-refractivity contribution in [1.82, 2.24) is 24.9 Å². The van der Waals surface area contributed by atoms with Crippen molar-refractivity contribution in [3.63, 3.8) is 0 Å². The maximum absolute atomic E-state index is 13.6. The van der Waals surface area contributed by atoms with Crippen LogP contribution in [0.15, 0.2) is 29.5 Å². The number of piperazine rings is 1. The molecule has 1 unspecified atom stereocenters. The molecule has 1 aromatic carbocycles. The smallest absolute Gasteiger partial charge is 0.322 e. The van der Waals surface area contributed by atoms with Gasteiger partial charge in [-0.2, -0.15) is 0 Å². The molecule has 0 bridgehead atoms. The number of carbonyl (C=O) groups is 3. The van der Waals surface area contributed by atoms with Crippen LogP contribution in [0, 0.1) is 0 Å². The van der Waals surface area contributed by atoms with Gasteiger partial charge in [0, 0.05) is 48.8 Å². The third-order valence-corrected chi connectivity index (χ3v) is 8.28. The van der Waals surface area contributed by atoms with Crippen molar-refractivity contribution in [2.24, 2.45) is 0 Å². The maximum atomic E-state index is 13.6. The molecule has 0 aromatic heterocycles. The number of likely N-dealkylation sites (N-methyl/N-ethyl adjacent to an activating group) is 1. The molecular weight excluding hydrogens is 489 g/mol. The van der Waals surface area contributed by atoms with Crippen LogP contribution in [-0.2, 0) is 9.59 Å². The summed E-state index contributed by atoms with van der Waals surface area (Å²) in [5.41, 5.74) is 1.71. The molecule has 0 spiro atoms. The van der Waals surface area contributed by atoms with E-state index in [-0.39, 0.29) is 30.9 Å². The Labute approximate surface area is 215 Å². The molecule has 3 heterocycles. The number of rotatable bonds is 5. The molecule has 5 rings (SSSR count). The highest BCUT2D eigenvalue weighted by Gasteiger charge is 2.45. The highest BCUT2D eigenvalue weighted by atomic mass is 35.5. The quantitative estimate of drug-likeness (QED) is 0.647. The summed E-state index contributed by atoms with van der Waals surface area (Å²) in [5, 5.41) is 3.77. The third kappa shape index (κ3) is 4.63. The van der Waals surface area contributed by atoms with Gasteiger partial charge >= 0.3 is 6.03 Å². The van der Waals surface area contributed by atoms with Crippen LogP contribution in [-0.4, -0.2) is 89.3 Å². The molecule has 4 amide bonds. The average Bonchev–Trinajstić information content (AvgIpc) is 3.48. The van der Waals surface area contributed by atoms with Gasteiger partial charge in [0.25, 0.3) is 5.91 Å². The lowest BCUT2D eigenvalue weighted by Gasteiger charge is -2.38. The van der Waals surface area contributed by atoms with E-state index in [0.29, 0.717) is 52.6 Å². The lowest BCUT2D eigenvalue weighted by Crippen LogP contribution is -2.53. The molecule has 10 heteroatoms. The molecule has 1 aliphatic carbocycles. The first kappa shape index (κ1) is 24.4. The zero-order valence-corrected chi connectivity index (χ0v) is 21.4. The van der Waals surface area contributed by atoms with Crippen LogP contribution in [0.5, 0.6) is 0 Å². The van der Waals surface area contributed by atoms with Crippen molar-refractivity contribution in [2.75, 3.05) is 45.8 Å². The number of nitrogens with one attached hydrogen (secondary N) is 1. The Morgan fingerprint density at radius 1 is 1.09 bits per heavy atom. The zero-order valence-electron chi connectivity index (χ0n) is 19.9. The SMILES string of the molecule is CCN1C(=O)NC(c2ccc(Cl)cc2Cl)C2=C1CN(CC(=O)N1CCN(C3CCCC3)CC1)C2=O. The molecule has 4 aliphatic rings. The van der Waals surface area contributed by atoms with Crippen molar-refractivity contribution < 1.29 is 14.4 Å². The Kier molecular flexibility index (Phi) is 6.97. The summed E-state index contributed by atoms with van der Waals surface area (Å²) < 4.78 is 0. The summed E-state index contributed by atoms with van der Waals surface area (Å²) >= 11 is 12.5. The summed E-state index contributed by atoms with van der Waals surface area (Å²) in [5.74, 6) is -0.292. The molecule has 1 aromatic rings.